The molecule has 24 heavy (non-hydrogen) atoms. The van der Waals surface area contributed by atoms with E-state index in [2.05, 4.69) is 5.32 Å². The monoisotopic (exact) mass is 337 g/mol. The predicted molar refractivity (Wildman–Crippen MR) is 87.8 cm³/mol. The van der Waals surface area contributed by atoms with Crippen LogP contribution in [0, 0.1) is 5.82 Å². The number of benzene rings is 1. The van der Waals surface area contributed by atoms with Crippen LogP contribution in [0.2, 0.25) is 0 Å². The number of halogens is 1. The van der Waals surface area contributed by atoms with E-state index in [-0.39, 0.29) is 24.2 Å². The quantitative estimate of drug-likeness (QED) is 0.792. The Kier molecular flexibility index (Phi) is 7.14. The molecule has 1 heterocycles. The molecule has 1 fully saturated rings. The number of nitrogens with zero attached hydrogens (tertiary/aromatic N) is 2. The smallest absolute Gasteiger partial charge is 0.239 e. The first kappa shape index (κ1) is 18.4. The van der Waals surface area contributed by atoms with Crippen molar-refractivity contribution in [2.24, 2.45) is 0 Å². The number of hydrogen-bond acceptors (Lipinski definition) is 4. The highest BCUT2D eigenvalue weighted by molar-refractivity contribution is 5.85. The zero-order valence-corrected chi connectivity index (χ0v) is 14.0. The van der Waals surface area contributed by atoms with Crippen LogP contribution in [0.5, 0.6) is 0 Å². The molecule has 0 saturated carbocycles. The first-order chi connectivity index (χ1) is 11.6. The Labute approximate surface area is 141 Å². The van der Waals surface area contributed by atoms with Crippen molar-refractivity contribution in [3.05, 3.63) is 35.6 Å². The van der Waals surface area contributed by atoms with E-state index in [1.807, 2.05) is 11.8 Å². The van der Waals surface area contributed by atoms with Crippen molar-refractivity contribution < 1.29 is 18.7 Å². The number of rotatable bonds is 7. The summed E-state index contributed by atoms with van der Waals surface area (Å²) in [6.45, 7) is 5.73. The first-order valence-corrected chi connectivity index (χ1v) is 8.17. The molecule has 132 valence electrons. The fourth-order valence-electron chi connectivity index (χ4n) is 2.46. The van der Waals surface area contributed by atoms with Gasteiger partial charge in [-0.3, -0.25) is 14.5 Å². The van der Waals surface area contributed by atoms with Gasteiger partial charge in [0.05, 0.1) is 26.3 Å². The maximum atomic E-state index is 12.8. The second kappa shape index (κ2) is 9.34. The Morgan fingerprint density at radius 2 is 1.92 bits per heavy atom. The predicted octanol–water partition coefficient (Wildman–Crippen LogP) is 0.623. The van der Waals surface area contributed by atoms with Gasteiger partial charge in [0.25, 0.3) is 0 Å². The molecule has 7 heteroatoms. The summed E-state index contributed by atoms with van der Waals surface area (Å²) in [7, 11) is 0. The van der Waals surface area contributed by atoms with E-state index in [4.69, 9.17) is 4.74 Å². The second-order valence-electron chi connectivity index (χ2n) is 5.70. The molecule has 0 unspecified atom stereocenters. The van der Waals surface area contributed by atoms with Crippen LogP contribution in [0.25, 0.3) is 0 Å². The number of hydrogen-bond donors (Lipinski definition) is 1. The molecule has 0 spiro atoms. The number of nitrogens with one attached hydrogen (secondary N) is 1. The van der Waals surface area contributed by atoms with Crippen molar-refractivity contribution in [3.8, 4) is 0 Å². The van der Waals surface area contributed by atoms with Gasteiger partial charge in [0.2, 0.25) is 11.8 Å². The summed E-state index contributed by atoms with van der Waals surface area (Å²) in [4.78, 5) is 27.9. The molecule has 1 saturated heterocycles. The Morgan fingerprint density at radius 3 is 2.54 bits per heavy atom. The SMILES string of the molecule is CCN(CC(=O)NCc1ccc(F)cc1)C(=O)CN1CCOCC1. The fraction of sp³-hybridized carbons (Fsp3) is 0.529. The molecule has 1 N–H and O–H groups in total. The Morgan fingerprint density at radius 1 is 1.25 bits per heavy atom. The molecule has 0 aliphatic carbocycles. The van der Waals surface area contributed by atoms with E-state index in [1.54, 1.807) is 12.1 Å². The van der Waals surface area contributed by atoms with E-state index in [9.17, 15) is 14.0 Å². The lowest BCUT2D eigenvalue weighted by atomic mass is 10.2. The molecule has 0 bridgehead atoms. The highest BCUT2D eigenvalue weighted by Crippen LogP contribution is 2.02. The average molecular weight is 337 g/mol. The molecule has 0 aromatic heterocycles. The van der Waals surface area contributed by atoms with E-state index in [0.29, 0.717) is 32.8 Å². The summed E-state index contributed by atoms with van der Waals surface area (Å²) in [5, 5.41) is 2.75. The number of amides is 2. The first-order valence-electron chi connectivity index (χ1n) is 8.17. The summed E-state index contributed by atoms with van der Waals surface area (Å²) < 4.78 is 18.1. The van der Waals surface area contributed by atoms with Gasteiger partial charge in [0.1, 0.15) is 5.82 Å². The van der Waals surface area contributed by atoms with Gasteiger partial charge in [0, 0.05) is 26.2 Å². The highest BCUT2D eigenvalue weighted by atomic mass is 19.1. The molecular formula is C17H24FN3O3. The van der Waals surface area contributed by atoms with Gasteiger partial charge in [-0.1, -0.05) is 12.1 Å². The number of carbonyl (C=O) groups excluding carboxylic acids is 2. The number of likely N-dealkylation sites (N-methyl/N-ethyl adjacent to an activating group) is 1. The Hall–Kier alpha value is -1.99. The topological polar surface area (TPSA) is 61.9 Å². The van der Waals surface area contributed by atoms with Crippen LogP contribution in [-0.2, 0) is 20.9 Å². The third kappa shape index (κ3) is 5.90. The molecule has 0 atom stereocenters. The van der Waals surface area contributed by atoms with Gasteiger partial charge < -0.3 is 15.0 Å². The van der Waals surface area contributed by atoms with Gasteiger partial charge >= 0.3 is 0 Å². The van der Waals surface area contributed by atoms with Crippen LogP contribution >= 0.6 is 0 Å². The zero-order valence-electron chi connectivity index (χ0n) is 14.0. The number of carbonyl (C=O) groups is 2. The van der Waals surface area contributed by atoms with E-state index in [0.717, 1.165) is 18.7 Å². The third-order valence-corrected chi connectivity index (χ3v) is 3.93. The molecule has 1 aromatic carbocycles. The molecule has 2 rings (SSSR count). The van der Waals surface area contributed by atoms with Crippen LogP contribution in [0.15, 0.2) is 24.3 Å². The van der Waals surface area contributed by atoms with Gasteiger partial charge in [-0.2, -0.15) is 0 Å². The molecule has 1 aromatic rings. The molecule has 0 radical (unpaired) electrons. The third-order valence-electron chi connectivity index (χ3n) is 3.93. The van der Waals surface area contributed by atoms with Gasteiger partial charge in [-0.25, -0.2) is 4.39 Å². The lowest BCUT2D eigenvalue weighted by Crippen LogP contribution is -2.47. The van der Waals surface area contributed by atoms with Crippen molar-refractivity contribution >= 4 is 11.8 Å². The largest absolute Gasteiger partial charge is 0.379 e. The number of morpholine rings is 1. The van der Waals surface area contributed by atoms with E-state index in [1.165, 1.54) is 17.0 Å². The minimum absolute atomic E-state index is 0.0286. The summed E-state index contributed by atoms with van der Waals surface area (Å²) in [6, 6.07) is 5.95. The highest BCUT2D eigenvalue weighted by Gasteiger charge is 2.20. The summed E-state index contributed by atoms with van der Waals surface area (Å²) >= 11 is 0. The molecule has 1 aliphatic rings. The summed E-state index contributed by atoms with van der Waals surface area (Å²) in [5.74, 6) is -0.594. The number of ether oxygens (including phenoxy) is 1. The Balaban J connectivity index is 1.76. The van der Waals surface area contributed by atoms with Gasteiger partial charge in [-0.15, -0.1) is 0 Å². The summed E-state index contributed by atoms with van der Waals surface area (Å²) in [5.41, 5.74) is 0.812. The van der Waals surface area contributed by atoms with Crippen molar-refractivity contribution in [3.63, 3.8) is 0 Å². The lowest BCUT2D eigenvalue weighted by molar-refractivity contribution is -0.137. The molecule has 1 aliphatic heterocycles. The molecule has 6 nitrogen and oxygen atoms in total. The van der Waals surface area contributed by atoms with Gasteiger partial charge in [-0.05, 0) is 24.6 Å². The minimum Gasteiger partial charge on any atom is -0.379 e. The van der Waals surface area contributed by atoms with Crippen LogP contribution in [0.4, 0.5) is 4.39 Å². The van der Waals surface area contributed by atoms with Crippen LogP contribution < -0.4 is 5.32 Å². The van der Waals surface area contributed by atoms with Crippen LogP contribution in [0.1, 0.15) is 12.5 Å². The zero-order chi connectivity index (χ0) is 17.4. The van der Waals surface area contributed by atoms with Crippen molar-refractivity contribution in [1.82, 2.24) is 15.1 Å². The lowest BCUT2D eigenvalue weighted by Gasteiger charge is -2.28. The van der Waals surface area contributed by atoms with E-state index < -0.39 is 0 Å². The average Bonchev–Trinajstić information content (AvgIpc) is 2.60. The maximum absolute atomic E-state index is 12.8. The maximum Gasteiger partial charge on any atom is 0.239 e. The minimum atomic E-state index is -0.309. The van der Waals surface area contributed by atoms with Crippen LogP contribution in [-0.4, -0.2) is 67.6 Å². The van der Waals surface area contributed by atoms with Crippen LogP contribution in [0.3, 0.4) is 0 Å². The summed E-state index contributed by atoms with van der Waals surface area (Å²) in [6.07, 6.45) is 0. The van der Waals surface area contributed by atoms with Crippen molar-refractivity contribution in [2.75, 3.05) is 45.9 Å². The van der Waals surface area contributed by atoms with Crippen molar-refractivity contribution in [2.45, 2.75) is 13.5 Å². The van der Waals surface area contributed by atoms with Crippen molar-refractivity contribution in [1.29, 1.82) is 0 Å². The molecule has 2 amide bonds. The fourth-order valence-corrected chi connectivity index (χ4v) is 2.46. The molecular weight excluding hydrogens is 313 g/mol. The second-order valence-corrected chi connectivity index (χ2v) is 5.70. The standard InChI is InChI=1S/C17H24FN3O3/c1-2-21(17(23)13-20-7-9-24-10-8-20)12-16(22)19-11-14-3-5-15(18)6-4-14/h3-6H,2,7-13H2,1H3,(H,19,22). The van der Waals surface area contributed by atoms with E-state index >= 15 is 0 Å². The normalized spacial score (nSPS) is 15.1. The van der Waals surface area contributed by atoms with Gasteiger partial charge in [0.15, 0.2) is 0 Å². The Bertz CT molecular complexity index is 545.